The molecular formula is C14H20N4. The molecular weight excluding hydrogens is 224 g/mol. The third-order valence-electron chi connectivity index (χ3n) is 2.94. The van der Waals surface area contributed by atoms with Crippen LogP contribution < -0.4 is 5.73 Å². The second kappa shape index (κ2) is 5.67. The van der Waals surface area contributed by atoms with Gasteiger partial charge in [0.05, 0.1) is 0 Å². The molecule has 2 heterocycles. The molecule has 0 atom stereocenters. The van der Waals surface area contributed by atoms with E-state index in [1.165, 1.54) is 0 Å². The molecule has 96 valence electrons. The molecule has 0 aromatic carbocycles. The van der Waals surface area contributed by atoms with Crippen molar-refractivity contribution in [1.82, 2.24) is 14.5 Å². The van der Waals surface area contributed by atoms with Gasteiger partial charge in [-0.25, -0.2) is 4.98 Å². The molecule has 0 spiro atoms. The maximum Gasteiger partial charge on any atom is 0.131 e. The highest BCUT2D eigenvalue weighted by Crippen LogP contribution is 2.26. The quantitative estimate of drug-likeness (QED) is 0.879. The number of rotatable bonds is 5. The van der Waals surface area contributed by atoms with Crippen LogP contribution in [0.25, 0.3) is 11.3 Å². The van der Waals surface area contributed by atoms with Gasteiger partial charge in [-0.2, -0.15) is 0 Å². The zero-order valence-corrected chi connectivity index (χ0v) is 11.1. The summed E-state index contributed by atoms with van der Waals surface area (Å²) in [6, 6.07) is 3.91. The number of aromatic nitrogens is 3. The molecule has 0 bridgehead atoms. The van der Waals surface area contributed by atoms with Gasteiger partial charge in [0, 0.05) is 30.9 Å². The number of pyridine rings is 1. The minimum atomic E-state index is 0.758. The van der Waals surface area contributed by atoms with E-state index in [1.807, 2.05) is 18.3 Å². The van der Waals surface area contributed by atoms with Crippen LogP contribution >= 0.6 is 0 Å². The fraction of sp³-hybridized carbons (Fsp3) is 0.429. The highest BCUT2D eigenvalue weighted by Gasteiger charge is 2.14. The molecule has 2 N–H and O–H groups in total. The number of aryl methyl sites for hydroxylation is 1. The number of nitrogen functional groups attached to an aromatic ring is 1. The third-order valence-corrected chi connectivity index (χ3v) is 2.94. The van der Waals surface area contributed by atoms with Crippen LogP contribution in [0.2, 0.25) is 0 Å². The van der Waals surface area contributed by atoms with Crippen molar-refractivity contribution >= 4 is 5.82 Å². The Morgan fingerprint density at radius 3 is 2.72 bits per heavy atom. The molecule has 0 radical (unpaired) electrons. The Kier molecular flexibility index (Phi) is 3.97. The maximum absolute atomic E-state index is 6.23. The number of nitrogens with zero attached hydrogens (tertiary/aromatic N) is 3. The van der Waals surface area contributed by atoms with Gasteiger partial charge in [-0.15, -0.1) is 0 Å². The predicted molar refractivity (Wildman–Crippen MR) is 74.2 cm³/mol. The van der Waals surface area contributed by atoms with E-state index < -0.39 is 0 Å². The highest BCUT2D eigenvalue weighted by atomic mass is 15.1. The standard InChI is InChI=1S/C14H20N4/c1-3-6-12-17-13(11-7-5-8-16-10-11)14(15)18(12)9-4-2/h5,7-8,10H,3-4,6,9,15H2,1-2H3. The Labute approximate surface area is 108 Å². The van der Waals surface area contributed by atoms with E-state index in [1.54, 1.807) is 6.20 Å². The van der Waals surface area contributed by atoms with Crippen molar-refractivity contribution < 1.29 is 0 Å². The average molecular weight is 244 g/mol. The SMILES string of the molecule is CCCc1nc(-c2cccnc2)c(N)n1CCC. The second-order valence-electron chi connectivity index (χ2n) is 4.41. The predicted octanol–water partition coefficient (Wildman–Crippen LogP) is 2.89. The summed E-state index contributed by atoms with van der Waals surface area (Å²) in [6.45, 7) is 5.23. The summed E-state index contributed by atoms with van der Waals surface area (Å²) in [7, 11) is 0. The van der Waals surface area contributed by atoms with Crippen molar-refractivity contribution in [2.24, 2.45) is 0 Å². The summed E-state index contributed by atoms with van der Waals surface area (Å²) in [5.74, 6) is 1.84. The van der Waals surface area contributed by atoms with Gasteiger partial charge in [0.1, 0.15) is 17.3 Å². The smallest absolute Gasteiger partial charge is 0.131 e. The van der Waals surface area contributed by atoms with Crippen LogP contribution in [0.5, 0.6) is 0 Å². The molecule has 0 aliphatic rings. The first-order valence-electron chi connectivity index (χ1n) is 6.53. The topological polar surface area (TPSA) is 56.7 Å². The van der Waals surface area contributed by atoms with Crippen LogP contribution in [0.4, 0.5) is 5.82 Å². The molecule has 0 amide bonds. The van der Waals surface area contributed by atoms with E-state index in [-0.39, 0.29) is 0 Å². The summed E-state index contributed by atoms with van der Waals surface area (Å²) < 4.78 is 2.13. The monoisotopic (exact) mass is 244 g/mol. The molecule has 2 aromatic heterocycles. The van der Waals surface area contributed by atoms with Gasteiger partial charge in [-0.1, -0.05) is 13.8 Å². The van der Waals surface area contributed by atoms with E-state index in [0.717, 1.165) is 48.7 Å². The Bertz CT molecular complexity index is 502. The minimum absolute atomic E-state index is 0.758. The summed E-state index contributed by atoms with van der Waals surface area (Å²) in [6.07, 6.45) is 6.67. The second-order valence-corrected chi connectivity index (χ2v) is 4.41. The minimum Gasteiger partial charge on any atom is -0.383 e. The number of hydrogen-bond acceptors (Lipinski definition) is 3. The fourth-order valence-electron chi connectivity index (χ4n) is 2.12. The first-order chi connectivity index (χ1) is 8.77. The third kappa shape index (κ3) is 2.37. The highest BCUT2D eigenvalue weighted by molar-refractivity contribution is 5.70. The average Bonchev–Trinajstić information content (AvgIpc) is 2.70. The van der Waals surface area contributed by atoms with E-state index >= 15 is 0 Å². The summed E-state index contributed by atoms with van der Waals surface area (Å²) in [5.41, 5.74) is 8.07. The molecule has 0 unspecified atom stereocenters. The molecule has 0 aliphatic carbocycles. The lowest BCUT2D eigenvalue weighted by Gasteiger charge is -2.07. The lowest BCUT2D eigenvalue weighted by atomic mass is 10.2. The fourth-order valence-corrected chi connectivity index (χ4v) is 2.12. The van der Waals surface area contributed by atoms with Gasteiger partial charge >= 0.3 is 0 Å². The van der Waals surface area contributed by atoms with Gasteiger partial charge in [0.15, 0.2) is 0 Å². The Balaban J connectivity index is 2.46. The van der Waals surface area contributed by atoms with E-state index in [9.17, 15) is 0 Å². The molecule has 4 nitrogen and oxygen atoms in total. The molecule has 2 rings (SSSR count). The van der Waals surface area contributed by atoms with Crippen LogP contribution in [0.3, 0.4) is 0 Å². The molecule has 2 aromatic rings. The zero-order valence-electron chi connectivity index (χ0n) is 11.1. The van der Waals surface area contributed by atoms with Crippen LogP contribution in [-0.2, 0) is 13.0 Å². The number of nitrogens with two attached hydrogens (primary N) is 1. The molecule has 0 saturated heterocycles. The largest absolute Gasteiger partial charge is 0.383 e. The van der Waals surface area contributed by atoms with E-state index in [2.05, 4.69) is 28.4 Å². The summed E-state index contributed by atoms with van der Waals surface area (Å²) >= 11 is 0. The van der Waals surface area contributed by atoms with Crippen LogP contribution in [0, 0.1) is 0 Å². The van der Waals surface area contributed by atoms with Gasteiger partial charge in [0.25, 0.3) is 0 Å². The van der Waals surface area contributed by atoms with E-state index in [0.29, 0.717) is 0 Å². The first kappa shape index (κ1) is 12.6. The van der Waals surface area contributed by atoms with Crippen molar-refractivity contribution in [2.45, 2.75) is 39.7 Å². The van der Waals surface area contributed by atoms with E-state index in [4.69, 9.17) is 5.73 Å². The summed E-state index contributed by atoms with van der Waals surface area (Å²) in [5, 5.41) is 0. The van der Waals surface area contributed by atoms with Gasteiger partial charge in [-0.3, -0.25) is 4.98 Å². The van der Waals surface area contributed by atoms with Crippen molar-refractivity contribution in [2.75, 3.05) is 5.73 Å². The summed E-state index contributed by atoms with van der Waals surface area (Å²) in [4.78, 5) is 8.81. The van der Waals surface area contributed by atoms with Gasteiger partial charge < -0.3 is 10.3 Å². The van der Waals surface area contributed by atoms with Crippen LogP contribution in [-0.4, -0.2) is 14.5 Å². The number of anilines is 1. The van der Waals surface area contributed by atoms with Crippen molar-refractivity contribution in [3.8, 4) is 11.3 Å². The number of imidazole rings is 1. The zero-order chi connectivity index (χ0) is 13.0. The van der Waals surface area contributed by atoms with Crippen molar-refractivity contribution in [3.63, 3.8) is 0 Å². The normalized spacial score (nSPS) is 10.8. The molecule has 4 heteroatoms. The lowest BCUT2D eigenvalue weighted by Crippen LogP contribution is -2.06. The molecule has 18 heavy (non-hydrogen) atoms. The van der Waals surface area contributed by atoms with Crippen molar-refractivity contribution in [1.29, 1.82) is 0 Å². The van der Waals surface area contributed by atoms with Crippen LogP contribution in [0.1, 0.15) is 32.5 Å². The Morgan fingerprint density at radius 2 is 2.11 bits per heavy atom. The molecule has 0 fully saturated rings. The molecule has 0 saturated carbocycles. The molecule has 0 aliphatic heterocycles. The van der Waals surface area contributed by atoms with Crippen LogP contribution in [0.15, 0.2) is 24.5 Å². The van der Waals surface area contributed by atoms with Gasteiger partial charge in [-0.05, 0) is 25.0 Å². The lowest BCUT2D eigenvalue weighted by molar-refractivity contribution is 0.637. The Hall–Kier alpha value is -1.84. The first-order valence-corrected chi connectivity index (χ1v) is 6.53. The van der Waals surface area contributed by atoms with Crippen molar-refractivity contribution in [3.05, 3.63) is 30.4 Å². The maximum atomic E-state index is 6.23. The Morgan fingerprint density at radius 1 is 1.28 bits per heavy atom. The number of hydrogen-bond donors (Lipinski definition) is 1. The van der Waals surface area contributed by atoms with Gasteiger partial charge in [0.2, 0.25) is 0 Å².